The topological polar surface area (TPSA) is 41.5 Å². The average molecular weight is 237 g/mol. The Morgan fingerprint density at radius 1 is 1.35 bits per heavy atom. The number of hydrogen-bond acceptors (Lipinski definition) is 3. The van der Waals surface area contributed by atoms with Crippen LogP contribution in [-0.4, -0.2) is 24.3 Å². The third-order valence-electron chi connectivity index (χ3n) is 2.80. The molecule has 96 valence electrons. The van der Waals surface area contributed by atoms with Crippen molar-refractivity contribution in [2.75, 3.05) is 7.11 Å². The van der Waals surface area contributed by atoms with Gasteiger partial charge in [0.25, 0.3) is 0 Å². The van der Waals surface area contributed by atoms with Gasteiger partial charge in [-0.3, -0.25) is 0 Å². The summed E-state index contributed by atoms with van der Waals surface area (Å²) in [5.41, 5.74) is 0.893. The second kappa shape index (κ2) is 6.62. The largest absolute Gasteiger partial charge is 0.497 e. The Bertz CT molecular complexity index is 339. The second-order valence-electron chi connectivity index (χ2n) is 4.56. The normalized spacial score (nSPS) is 14.7. The summed E-state index contributed by atoms with van der Waals surface area (Å²) in [6.07, 6.45) is 0.383. The molecule has 0 aliphatic heterocycles. The van der Waals surface area contributed by atoms with E-state index in [0.717, 1.165) is 17.7 Å². The lowest BCUT2D eigenvalue weighted by molar-refractivity contribution is 0.121. The number of ether oxygens (including phenoxy) is 1. The van der Waals surface area contributed by atoms with Crippen LogP contribution in [0.3, 0.4) is 0 Å². The summed E-state index contributed by atoms with van der Waals surface area (Å²) < 4.78 is 5.17. The zero-order valence-corrected chi connectivity index (χ0v) is 11.1. The maximum absolute atomic E-state index is 10.3. The monoisotopic (exact) mass is 237 g/mol. The van der Waals surface area contributed by atoms with E-state index in [2.05, 4.69) is 26.1 Å². The van der Waals surface area contributed by atoms with Gasteiger partial charge in [0, 0.05) is 12.1 Å². The van der Waals surface area contributed by atoms with Crippen molar-refractivity contribution < 1.29 is 9.84 Å². The van der Waals surface area contributed by atoms with Gasteiger partial charge in [-0.2, -0.15) is 0 Å². The fraction of sp³-hybridized carbons (Fsp3) is 0.571. The van der Waals surface area contributed by atoms with Gasteiger partial charge >= 0.3 is 0 Å². The number of methoxy groups -OCH3 is 1. The predicted octanol–water partition coefficient (Wildman–Crippen LogP) is 2.51. The van der Waals surface area contributed by atoms with E-state index in [1.165, 1.54) is 0 Å². The van der Waals surface area contributed by atoms with Gasteiger partial charge in [0.15, 0.2) is 0 Å². The molecule has 2 unspecified atom stereocenters. The first kappa shape index (κ1) is 14.0. The molecule has 0 bridgehead atoms. The van der Waals surface area contributed by atoms with E-state index in [1.807, 2.05) is 24.3 Å². The molecule has 0 amide bonds. The highest BCUT2D eigenvalue weighted by Crippen LogP contribution is 2.23. The molecular formula is C14H23NO2. The van der Waals surface area contributed by atoms with E-state index >= 15 is 0 Å². The smallest absolute Gasteiger partial charge is 0.119 e. The minimum absolute atomic E-state index is 0.0714. The third-order valence-corrected chi connectivity index (χ3v) is 2.80. The molecule has 0 saturated carbocycles. The van der Waals surface area contributed by atoms with Crippen molar-refractivity contribution in [1.82, 2.24) is 5.32 Å². The summed E-state index contributed by atoms with van der Waals surface area (Å²) in [6.45, 7) is 6.24. The van der Waals surface area contributed by atoms with E-state index in [4.69, 9.17) is 4.74 Å². The summed E-state index contributed by atoms with van der Waals surface area (Å²) in [7, 11) is 1.63. The first-order chi connectivity index (χ1) is 8.08. The maximum atomic E-state index is 10.3. The quantitative estimate of drug-likeness (QED) is 0.798. The fourth-order valence-corrected chi connectivity index (χ4v) is 1.92. The van der Waals surface area contributed by atoms with Gasteiger partial charge < -0.3 is 15.2 Å². The van der Waals surface area contributed by atoms with E-state index < -0.39 is 6.10 Å². The summed E-state index contributed by atoms with van der Waals surface area (Å²) >= 11 is 0. The summed E-state index contributed by atoms with van der Waals surface area (Å²) in [4.78, 5) is 0. The van der Waals surface area contributed by atoms with Crippen molar-refractivity contribution in [3.05, 3.63) is 29.8 Å². The molecule has 1 aromatic carbocycles. The minimum atomic E-state index is -0.502. The van der Waals surface area contributed by atoms with E-state index in [1.54, 1.807) is 7.11 Å². The Balaban J connectivity index is 2.81. The van der Waals surface area contributed by atoms with Crippen LogP contribution in [0.5, 0.6) is 5.75 Å². The van der Waals surface area contributed by atoms with E-state index in [0.29, 0.717) is 6.04 Å². The molecule has 0 aliphatic rings. The molecule has 2 N–H and O–H groups in total. The molecule has 0 radical (unpaired) electrons. The zero-order chi connectivity index (χ0) is 12.8. The van der Waals surface area contributed by atoms with Crippen molar-refractivity contribution in [3.8, 4) is 5.75 Å². The van der Waals surface area contributed by atoms with Crippen LogP contribution >= 0.6 is 0 Å². The molecule has 0 aliphatic carbocycles. The van der Waals surface area contributed by atoms with Crippen LogP contribution in [0.25, 0.3) is 0 Å². The van der Waals surface area contributed by atoms with Crippen LogP contribution in [0.2, 0.25) is 0 Å². The van der Waals surface area contributed by atoms with Crippen molar-refractivity contribution >= 4 is 0 Å². The van der Waals surface area contributed by atoms with Gasteiger partial charge in [0.2, 0.25) is 0 Å². The van der Waals surface area contributed by atoms with Crippen molar-refractivity contribution in [3.63, 3.8) is 0 Å². The van der Waals surface area contributed by atoms with Crippen LogP contribution in [0.1, 0.15) is 38.9 Å². The van der Waals surface area contributed by atoms with Gasteiger partial charge in [-0.25, -0.2) is 0 Å². The van der Waals surface area contributed by atoms with Gasteiger partial charge in [-0.1, -0.05) is 32.9 Å². The number of nitrogens with one attached hydrogen (secondary N) is 1. The Morgan fingerprint density at radius 3 is 2.59 bits per heavy atom. The highest BCUT2D eigenvalue weighted by atomic mass is 16.5. The third kappa shape index (κ3) is 4.02. The van der Waals surface area contributed by atoms with Gasteiger partial charge in [-0.15, -0.1) is 0 Å². The highest BCUT2D eigenvalue weighted by molar-refractivity contribution is 5.30. The molecule has 1 rings (SSSR count). The number of benzene rings is 1. The molecule has 0 aromatic heterocycles. The van der Waals surface area contributed by atoms with Crippen LogP contribution in [0.15, 0.2) is 24.3 Å². The number of aliphatic hydroxyl groups excluding tert-OH is 1. The van der Waals surface area contributed by atoms with Crippen molar-refractivity contribution in [1.29, 1.82) is 0 Å². The molecule has 0 heterocycles. The highest BCUT2D eigenvalue weighted by Gasteiger charge is 2.19. The Kier molecular flexibility index (Phi) is 5.45. The first-order valence-corrected chi connectivity index (χ1v) is 6.16. The standard InChI is InChI=1S/C14H23NO2/c1-5-13(15-10(2)3)14(16)11-7-6-8-12(9-11)17-4/h6-10,13-16H,5H2,1-4H3. The molecule has 0 fully saturated rings. The number of rotatable bonds is 6. The lowest BCUT2D eigenvalue weighted by Gasteiger charge is -2.25. The van der Waals surface area contributed by atoms with Gasteiger partial charge in [-0.05, 0) is 24.1 Å². The molecule has 0 spiro atoms. The first-order valence-electron chi connectivity index (χ1n) is 6.16. The van der Waals surface area contributed by atoms with E-state index in [9.17, 15) is 5.11 Å². The SMILES string of the molecule is CCC(NC(C)C)C(O)c1cccc(OC)c1. The van der Waals surface area contributed by atoms with Crippen molar-refractivity contribution in [2.24, 2.45) is 0 Å². The van der Waals surface area contributed by atoms with Crippen LogP contribution in [0, 0.1) is 0 Å². The Labute approximate surface area is 104 Å². The van der Waals surface area contributed by atoms with Gasteiger partial charge in [0.05, 0.1) is 13.2 Å². The minimum Gasteiger partial charge on any atom is -0.497 e. The summed E-state index contributed by atoms with van der Waals surface area (Å²) in [6, 6.07) is 8.03. The lowest BCUT2D eigenvalue weighted by atomic mass is 9.99. The number of hydrogen-bond donors (Lipinski definition) is 2. The van der Waals surface area contributed by atoms with E-state index in [-0.39, 0.29) is 6.04 Å². The maximum Gasteiger partial charge on any atom is 0.119 e. The second-order valence-corrected chi connectivity index (χ2v) is 4.56. The summed E-state index contributed by atoms with van der Waals surface area (Å²) in [5, 5.41) is 13.7. The molecule has 3 nitrogen and oxygen atoms in total. The van der Waals surface area contributed by atoms with Crippen LogP contribution in [-0.2, 0) is 0 Å². The van der Waals surface area contributed by atoms with Crippen LogP contribution in [0.4, 0.5) is 0 Å². The van der Waals surface area contributed by atoms with Crippen LogP contribution < -0.4 is 10.1 Å². The fourth-order valence-electron chi connectivity index (χ4n) is 1.92. The molecule has 0 saturated heterocycles. The predicted molar refractivity (Wildman–Crippen MR) is 70.3 cm³/mol. The lowest BCUT2D eigenvalue weighted by Crippen LogP contribution is -2.38. The van der Waals surface area contributed by atoms with Crippen molar-refractivity contribution in [2.45, 2.75) is 45.4 Å². The molecule has 2 atom stereocenters. The zero-order valence-electron chi connectivity index (χ0n) is 11.1. The Hall–Kier alpha value is -1.06. The number of aliphatic hydroxyl groups is 1. The molecular weight excluding hydrogens is 214 g/mol. The summed E-state index contributed by atoms with van der Waals surface area (Å²) in [5.74, 6) is 0.779. The molecule has 3 heteroatoms. The Morgan fingerprint density at radius 2 is 2.06 bits per heavy atom. The van der Waals surface area contributed by atoms with Gasteiger partial charge in [0.1, 0.15) is 5.75 Å². The average Bonchev–Trinajstić information content (AvgIpc) is 2.35. The molecule has 1 aromatic rings. The molecule has 17 heavy (non-hydrogen) atoms.